The maximum Gasteiger partial charge on any atom is 0.133 e. The normalized spacial score (nSPS) is 14.2. The van der Waals surface area contributed by atoms with Crippen LogP contribution in [0, 0.1) is 5.82 Å². The van der Waals surface area contributed by atoms with E-state index in [1.165, 1.54) is 6.07 Å². The summed E-state index contributed by atoms with van der Waals surface area (Å²) in [5.74, 6) is 0.308. The lowest BCUT2D eigenvalue weighted by atomic mass is 10.1. The summed E-state index contributed by atoms with van der Waals surface area (Å²) in [5.41, 5.74) is 2.63. The van der Waals surface area contributed by atoms with Crippen LogP contribution in [0.5, 0.6) is 0 Å². The molecule has 0 fully saturated rings. The van der Waals surface area contributed by atoms with Crippen molar-refractivity contribution < 1.29 is 4.39 Å². The van der Waals surface area contributed by atoms with Crippen LogP contribution in [0.15, 0.2) is 24.4 Å². The quantitative estimate of drug-likeness (QED) is 0.917. The molecular formula is C14H13ClFN3. The van der Waals surface area contributed by atoms with Gasteiger partial charge in [-0.05, 0) is 12.1 Å². The predicted molar refractivity (Wildman–Crippen MR) is 71.7 cm³/mol. The number of hydrogen-bond donors (Lipinski definition) is 1. The first-order chi connectivity index (χ1) is 9.24. The van der Waals surface area contributed by atoms with Crippen molar-refractivity contribution >= 4 is 11.6 Å². The number of fused-ring (bicyclic) bond motifs is 1. The highest BCUT2D eigenvalue weighted by Gasteiger charge is 2.14. The van der Waals surface area contributed by atoms with E-state index in [1.807, 2.05) is 6.20 Å². The average molecular weight is 278 g/mol. The number of hydrogen-bond acceptors (Lipinski definition) is 3. The van der Waals surface area contributed by atoms with Crippen molar-refractivity contribution in [2.75, 3.05) is 6.54 Å². The van der Waals surface area contributed by atoms with E-state index in [0.717, 1.165) is 30.8 Å². The molecule has 5 heteroatoms. The molecule has 1 aliphatic heterocycles. The summed E-state index contributed by atoms with van der Waals surface area (Å²) < 4.78 is 13.7. The Kier molecular flexibility index (Phi) is 3.44. The van der Waals surface area contributed by atoms with Crippen LogP contribution < -0.4 is 5.32 Å². The van der Waals surface area contributed by atoms with E-state index in [2.05, 4.69) is 15.3 Å². The number of aromatic nitrogens is 2. The topological polar surface area (TPSA) is 37.8 Å². The lowest BCUT2D eigenvalue weighted by Crippen LogP contribution is -2.25. The van der Waals surface area contributed by atoms with Gasteiger partial charge in [0.1, 0.15) is 11.6 Å². The highest BCUT2D eigenvalue weighted by molar-refractivity contribution is 6.31. The second-order valence-corrected chi connectivity index (χ2v) is 4.97. The molecule has 1 aromatic heterocycles. The van der Waals surface area contributed by atoms with E-state index >= 15 is 0 Å². The largest absolute Gasteiger partial charge is 0.312 e. The van der Waals surface area contributed by atoms with Crippen molar-refractivity contribution in [3.63, 3.8) is 0 Å². The molecule has 2 heterocycles. The highest BCUT2D eigenvalue weighted by Crippen LogP contribution is 2.21. The summed E-state index contributed by atoms with van der Waals surface area (Å²) in [5, 5.41) is 3.69. The Hall–Kier alpha value is -1.52. The minimum Gasteiger partial charge on any atom is -0.312 e. The molecule has 3 rings (SSSR count). The lowest BCUT2D eigenvalue weighted by Gasteiger charge is -2.16. The zero-order chi connectivity index (χ0) is 13.2. The van der Waals surface area contributed by atoms with Gasteiger partial charge < -0.3 is 5.32 Å². The van der Waals surface area contributed by atoms with Crippen LogP contribution in [0.3, 0.4) is 0 Å². The third kappa shape index (κ3) is 2.60. The van der Waals surface area contributed by atoms with E-state index < -0.39 is 0 Å². The summed E-state index contributed by atoms with van der Waals surface area (Å²) in [7, 11) is 0. The van der Waals surface area contributed by atoms with Crippen LogP contribution in [-0.2, 0) is 19.4 Å². The second-order valence-electron chi connectivity index (χ2n) is 4.56. The monoisotopic (exact) mass is 277 g/mol. The van der Waals surface area contributed by atoms with Crippen molar-refractivity contribution in [1.29, 1.82) is 0 Å². The molecule has 1 N–H and O–H groups in total. The molecule has 0 radical (unpaired) electrons. The van der Waals surface area contributed by atoms with Gasteiger partial charge in [0.05, 0.1) is 0 Å². The maximum atomic E-state index is 13.7. The standard InChI is InChI=1S/C14H13ClFN3/c15-11-2-1-3-12(16)10(11)6-14-18-8-9-7-17-5-4-13(9)19-14/h1-3,8,17H,4-7H2. The third-order valence-electron chi connectivity index (χ3n) is 3.25. The van der Waals surface area contributed by atoms with Gasteiger partial charge >= 0.3 is 0 Å². The maximum absolute atomic E-state index is 13.7. The number of halogens is 2. The van der Waals surface area contributed by atoms with Gasteiger partial charge in [-0.3, -0.25) is 0 Å². The summed E-state index contributed by atoms with van der Waals surface area (Å²) in [6, 6.07) is 4.69. The first-order valence-electron chi connectivity index (χ1n) is 6.21. The minimum absolute atomic E-state index is 0.310. The van der Waals surface area contributed by atoms with E-state index in [9.17, 15) is 4.39 Å². The molecule has 0 amide bonds. The molecule has 0 unspecified atom stereocenters. The Morgan fingerprint density at radius 3 is 3.11 bits per heavy atom. The van der Waals surface area contributed by atoms with Gasteiger partial charge in [-0.25, -0.2) is 14.4 Å². The third-order valence-corrected chi connectivity index (χ3v) is 3.61. The Balaban J connectivity index is 1.91. The Morgan fingerprint density at radius 2 is 2.26 bits per heavy atom. The van der Waals surface area contributed by atoms with Gasteiger partial charge in [-0.15, -0.1) is 0 Å². The summed E-state index contributed by atoms with van der Waals surface area (Å²) in [6.45, 7) is 1.72. The van der Waals surface area contributed by atoms with E-state index in [0.29, 0.717) is 22.8 Å². The first kappa shape index (κ1) is 12.5. The van der Waals surface area contributed by atoms with Gasteiger partial charge in [0.25, 0.3) is 0 Å². The summed E-state index contributed by atoms with van der Waals surface area (Å²) >= 11 is 6.02. The van der Waals surface area contributed by atoms with Crippen LogP contribution >= 0.6 is 11.6 Å². The van der Waals surface area contributed by atoms with E-state index in [4.69, 9.17) is 11.6 Å². The zero-order valence-electron chi connectivity index (χ0n) is 10.3. The number of benzene rings is 1. The molecule has 1 aromatic carbocycles. The fourth-order valence-electron chi connectivity index (χ4n) is 2.22. The van der Waals surface area contributed by atoms with Crippen LogP contribution in [0.4, 0.5) is 4.39 Å². The Bertz CT molecular complexity index is 595. The van der Waals surface area contributed by atoms with Gasteiger partial charge in [0.2, 0.25) is 0 Å². The average Bonchev–Trinajstić information content (AvgIpc) is 2.43. The molecule has 19 heavy (non-hydrogen) atoms. The number of rotatable bonds is 2. The minimum atomic E-state index is -0.310. The molecule has 0 saturated carbocycles. The SMILES string of the molecule is Fc1cccc(Cl)c1Cc1ncc2c(n1)CCNC2. The molecule has 0 aliphatic carbocycles. The summed E-state index contributed by atoms with van der Waals surface area (Å²) in [6.07, 6.45) is 3.03. The molecule has 1 aliphatic rings. The van der Waals surface area contributed by atoms with Gasteiger partial charge in [0, 0.05) is 54.0 Å². The molecule has 0 bridgehead atoms. The molecule has 0 atom stereocenters. The lowest BCUT2D eigenvalue weighted by molar-refractivity contribution is 0.606. The zero-order valence-corrected chi connectivity index (χ0v) is 11.0. The molecule has 98 valence electrons. The van der Waals surface area contributed by atoms with Crippen LogP contribution in [-0.4, -0.2) is 16.5 Å². The molecule has 2 aromatic rings. The van der Waals surface area contributed by atoms with E-state index in [-0.39, 0.29) is 5.82 Å². The van der Waals surface area contributed by atoms with Crippen LogP contribution in [0.1, 0.15) is 22.6 Å². The molecule has 3 nitrogen and oxygen atoms in total. The van der Waals surface area contributed by atoms with Crippen molar-refractivity contribution in [2.45, 2.75) is 19.4 Å². The highest BCUT2D eigenvalue weighted by atomic mass is 35.5. The fourth-order valence-corrected chi connectivity index (χ4v) is 2.45. The van der Waals surface area contributed by atoms with Crippen LogP contribution in [0.25, 0.3) is 0 Å². The molecular weight excluding hydrogens is 265 g/mol. The number of nitrogens with zero attached hydrogens (tertiary/aromatic N) is 2. The Labute approximate surface area is 115 Å². The first-order valence-corrected chi connectivity index (χ1v) is 6.59. The fraction of sp³-hybridized carbons (Fsp3) is 0.286. The smallest absolute Gasteiger partial charge is 0.133 e. The van der Waals surface area contributed by atoms with Crippen molar-refractivity contribution in [3.05, 3.63) is 57.9 Å². The summed E-state index contributed by atoms with van der Waals surface area (Å²) in [4.78, 5) is 8.81. The molecule has 0 spiro atoms. The Morgan fingerprint density at radius 1 is 1.37 bits per heavy atom. The van der Waals surface area contributed by atoms with Gasteiger partial charge in [-0.1, -0.05) is 17.7 Å². The molecule has 0 saturated heterocycles. The van der Waals surface area contributed by atoms with Crippen molar-refractivity contribution in [2.24, 2.45) is 0 Å². The number of nitrogens with one attached hydrogen (secondary N) is 1. The van der Waals surface area contributed by atoms with E-state index in [1.54, 1.807) is 12.1 Å². The van der Waals surface area contributed by atoms with Gasteiger partial charge in [-0.2, -0.15) is 0 Å². The second kappa shape index (κ2) is 5.23. The van der Waals surface area contributed by atoms with Crippen molar-refractivity contribution in [1.82, 2.24) is 15.3 Å². The van der Waals surface area contributed by atoms with Crippen molar-refractivity contribution in [3.8, 4) is 0 Å². The van der Waals surface area contributed by atoms with Gasteiger partial charge in [0.15, 0.2) is 0 Å². The predicted octanol–water partition coefficient (Wildman–Crippen LogP) is 2.51. The van der Waals surface area contributed by atoms with Crippen LogP contribution in [0.2, 0.25) is 5.02 Å².